The highest BCUT2D eigenvalue weighted by atomic mass is 35.5. The van der Waals surface area contributed by atoms with Gasteiger partial charge >= 0.3 is 0 Å². The summed E-state index contributed by atoms with van der Waals surface area (Å²) in [7, 11) is 0. The van der Waals surface area contributed by atoms with E-state index in [0.717, 1.165) is 0 Å². The highest BCUT2D eigenvalue weighted by molar-refractivity contribution is 6.30. The van der Waals surface area contributed by atoms with Gasteiger partial charge in [-0.1, -0.05) is 16.7 Å². The molecule has 5 nitrogen and oxygen atoms in total. The number of hydrogen-bond donors (Lipinski definition) is 1. The van der Waals surface area contributed by atoms with Crippen molar-refractivity contribution < 1.29 is 4.79 Å². The van der Waals surface area contributed by atoms with E-state index in [9.17, 15) is 4.79 Å². The molecule has 0 saturated heterocycles. The zero-order valence-electron chi connectivity index (χ0n) is 8.56. The predicted octanol–water partition coefficient (Wildman–Crippen LogP) is 3.37. The Hall–Kier alpha value is -1.71. The van der Waals surface area contributed by atoms with Gasteiger partial charge in [0.2, 0.25) is 5.91 Å². The average Bonchev–Trinajstić information content (AvgIpc) is 2.28. The molecule has 0 aromatic heterocycles. The summed E-state index contributed by atoms with van der Waals surface area (Å²) in [6.45, 7) is 0.338. The Balaban J connectivity index is 2.34. The number of nitrogens with zero attached hydrogens (tertiary/aromatic N) is 3. The fraction of sp³-hybridized carbons (Fsp3) is 0.300. The first kappa shape index (κ1) is 12.4. The molecular formula is C10H11ClN4O. The molecule has 0 bridgehead atoms. The van der Waals surface area contributed by atoms with Crippen LogP contribution in [0, 0.1) is 0 Å². The normalized spacial score (nSPS) is 9.31. The Bertz CT molecular complexity index is 398. The molecule has 0 saturated carbocycles. The van der Waals surface area contributed by atoms with Crippen LogP contribution in [0.1, 0.15) is 12.8 Å². The fourth-order valence-corrected chi connectivity index (χ4v) is 1.24. The standard InChI is InChI=1S/C10H11ClN4O/c11-8-3-5-9(6-4-8)14-10(16)2-1-7-13-15-12/h3-6H,1-2,7H2,(H,14,16). The molecule has 1 rings (SSSR count). The summed E-state index contributed by atoms with van der Waals surface area (Å²) in [6.07, 6.45) is 0.880. The lowest BCUT2D eigenvalue weighted by atomic mass is 10.2. The van der Waals surface area contributed by atoms with Crippen LogP contribution in [0.15, 0.2) is 29.4 Å². The molecule has 0 atom stereocenters. The Labute approximate surface area is 98.0 Å². The molecule has 1 amide bonds. The van der Waals surface area contributed by atoms with Gasteiger partial charge in [0.15, 0.2) is 0 Å². The third-order valence-corrected chi connectivity index (χ3v) is 2.11. The van der Waals surface area contributed by atoms with Crippen molar-refractivity contribution in [1.82, 2.24) is 0 Å². The van der Waals surface area contributed by atoms with Gasteiger partial charge in [-0.15, -0.1) is 0 Å². The zero-order valence-corrected chi connectivity index (χ0v) is 9.31. The zero-order chi connectivity index (χ0) is 11.8. The first-order valence-corrected chi connectivity index (χ1v) is 5.16. The van der Waals surface area contributed by atoms with Crippen molar-refractivity contribution >= 4 is 23.2 Å². The number of hydrogen-bond acceptors (Lipinski definition) is 2. The van der Waals surface area contributed by atoms with Crippen LogP contribution in [0.25, 0.3) is 10.4 Å². The number of carbonyl (C=O) groups excluding carboxylic acids is 1. The Kier molecular flexibility index (Phi) is 5.19. The van der Waals surface area contributed by atoms with Gasteiger partial charge in [-0.25, -0.2) is 0 Å². The maximum Gasteiger partial charge on any atom is 0.224 e. The molecule has 16 heavy (non-hydrogen) atoms. The van der Waals surface area contributed by atoms with E-state index in [4.69, 9.17) is 17.1 Å². The second-order valence-corrected chi connectivity index (χ2v) is 3.55. The first-order valence-electron chi connectivity index (χ1n) is 4.78. The van der Waals surface area contributed by atoms with Crippen LogP contribution in [0.3, 0.4) is 0 Å². The second kappa shape index (κ2) is 6.71. The fourth-order valence-electron chi connectivity index (χ4n) is 1.11. The lowest BCUT2D eigenvalue weighted by Crippen LogP contribution is -2.11. The molecule has 0 heterocycles. The monoisotopic (exact) mass is 238 g/mol. The van der Waals surface area contributed by atoms with E-state index in [1.165, 1.54) is 0 Å². The molecule has 6 heteroatoms. The summed E-state index contributed by atoms with van der Waals surface area (Å²) in [5.74, 6) is -0.101. The lowest BCUT2D eigenvalue weighted by molar-refractivity contribution is -0.116. The van der Waals surface area contributed by atoms with E-state index in [0.29, 0.717) is 30.1 Å². The quantitative estimate of drug-likeness (QED) is 0.363. The summed E-state index contributed by atoms with van der Waals surface area (Å²) in [5, 5.41) is 6.69. The molecule has 0 radical (unpaired) electrons. The Morgan fingerprint density at radius 3 is 2.75 bits per heavy atom. The summed E-state index contributed by atoms with van der Waals surface area (Å²) in [4.78, 5) is 14.0. The number of anilines is 1. The third kappa shape index (κ3) is 4.68. The maximum atomic E-state index is 11.4. The highest BCUT2D eigenvalue weighted by Gasteiger charge is 2.01. The SMILES string of the molecule is [N-]=[N+]=NCCCC(=O)Nc1ccc(Cl)cc1. The van der Waals surface area contributed by atoms with Crippen molar-refractivity contribution in [1.29, 1.82) is 0 Å². The molecule has 0 unspecified atom stereocenters. The largest absolute Gasteiger partial charge is 0.326 e. The number of nitrogens with one attached hydrogen (secondary N) is 1. The molecule has 1 aromatic carbocycles. The third-order valence-electron chi connectivity index (χ3n) is 1.85. The topological polar surface area (TPSA) is 77.9 Å². The van der Waals surface area contributed by atoms with Gasteiger partial charge in [-0.05, 0) is 36.2 Å². The van der Waals surface area contributed by atoms with Crippen LogP contribution in [0.2, 0.25) is 5.02 Å². The van der Waals surface area contributed by atoms with Crippen molar-refractivity contribution in [2.45, 2.75) is 12.8 Å². The predicted molar refractivity (Wildman–Crippen MR) is 63.3 cm³/mol. The van der Waals surface area contributed by atoms with Gasteiger partial charge in [0, 0.05) is 28.6 Å². The summed E-state index contributed by atoms with van der Waals surface area (Å²) in [6, 6.07) is 6.87. The van der Waals surface area contributed by atoms with Gasteiger partial charge in [-0.2, -0.15) is 0 Å². The number of halogens is 1. The van der Waals surface area contributed by atoms with Crippen LogP contribution in [-0.2, 0) is 4.79 Å². The van der Waals surface area contributed by atoms with Crippen LogP contribution in [-0.4, -0.2) is 12.5 Å². The molecule has 0 aliphatic heterocycles. The molecule has 0 spiro atoms. The highest BCUT2D eigenvalue weighted by Crippen LogP contribution is 2.13. The molecular weight excluding hydrogens is 228 g/mol. The minimum Gasteiger partial charge on any atom is -0.326 e. The van der Waals surface area contributed by atoms with Crippen LogP contribution in [0.4, 0.5) is 5.69 Å². The molecule has 1 N–H and O–H groups in total. The Morgan fingerprint density at radius 1 is 1.44 bits per heavy atom. The molecule has 0 aliphatic rings. The van der Waals surface area contributed by atoms with Crippen molar-refractivity contribution in [3.63, 3.8) is 0 Å². The van der Waals surface area contributed by atoms with E-state index in [2.05, 4.69) is 15.3 Å². The van der Waals surface area contributed by atoms with Crippen LogP contribution in [0.5, 0.6) is 0 Å². The van der Waals surface area contributed by atoms with Gasteiger partial charge in [0.1, 0.15) is 0 Å². The lowest BCUT2D eigenvalue weighted by Gasteiger charge is -2.03. The molecule has 84 valence electrons. The van der Waals surface area contributed by atoms with Crippen LogP contribution < -0.4 is 5.32 Å². The van der Waals surface area contributed by atoms with E-state index < -0.39 is 0 Å². The summed E-state index contributed by atoms with van der Waals surface area (Å²) < 4.78 is 0. The number of amides is 1. The second-order valence-electron chi connectivity index (χ2n) is 3.11. The Morgan fingerprint density at radius 2 is 2.12 bits per heavy atom. The number of rotatable bonds is 5. The van der Waals surface area contributed by atoms with Crippen molar-refractivity contribution in [3.05, 3.63) is 39.7 Å². The average molecular weight is 239 g/mol. The first-order chi connectivity index (χ1) is 7.72. The van der Waals surface area contributed by atoms with Crippen molar-refractivity contribution in [3.8, 4) is 0 Å². The summed E-state index contributed by atoms with van der Waals surface area (Å²) >= 11 is 5.71. The number of benzene rings is 1. The van der Waals surface area contributed by atoms with Gasteiger partial charge < -0.3 is 5.32 Å². The van der Waals surface area contributed by atoms with Gasteiger partial charge in [0.05, 0.1) is 0 Å². The van der Waals surface area contributed by atoms with Gasteiger partial charge in [-0.3, -0.25) is 4.79 Å². The van der Waals surface area contributed by atoms with E-state index in [1.807, 2.05) is 0 Å². The van der Waals surface area contributed by atoms with Crippen LogP contribution >= 0.6 is 11.6 Å². The molecule has 1 aromatic rings. The smallest absolute Gasteiger partial charge is 0.224 e. The van der Waals surface area contributed by atoms with Gasteiger partial charge in [0.25, 0.3) is 0 Å². The minimum absolute atomic E-state index is 0.101. The minimum atomic E-state index is -0.101. The van der Waals surface area contributed by atoms with E-state index in [1.54, 1.807) is 24.3 Å². The van der Waals surface area contributed by atoms with Crippen molar-refractivity contribution in [2.24, 2.45) is 5.11 Å². The van der Waals surface area contributed by atoms with E-state index in [-0.39, 0.29) is 5.91 Å². The molecule has 0 fully saturated rings. The number of azide groups is 1. The maximum absolute atomic E-state index is 11.4. The van der Waals surface area contributed by atoms with E-state index >= 15 is 0 Å². The number of carbonyl (C=O) groups is 1. The molecule has 0 aliphatic carbocycles. The van der Waals surface area contributed by atoms with Crippen molar-refractivity contribution in [2.75, 3.05) is 11.9 Å². The summed E-state index contributed by atoms with van der Waals surface area (Å²) in [5.41, 5.74) is 8.74.